The number of nitrogens with one attached hydrogen (secondary N) is 1. The van der Waals surface area contributed by atoms with Crippen LogP contribution in [0.2, 0.25) is 0 Å². The maximum atomic E-state index is 12.0. The van der Waals surface area contributed by atoms with Crippen LogP contribution in [0, 0.1) is 0 Å². The molecule has 0 aromatic heterocycles. The fourth-order valence-corrected chi connectivity index (χ4v) is 3.13. The Morgan fingerprint density at radius 1 is 1.39 bits per heavy atom. The Hall–Kier alpha value is -0.260. The Bertz CT molecular complexity index is 257. The first-order valence-electron chi connectivity index (χ1n) is 6.96. The summed E-state index contributed by atoms with van der Waals surface area (Å²) in [7, 11) is 0. The minimum atomic E-state index is -2.35. The largest absolute Gasteiger partial charge is 0.374 e. The zero-order valence-corrected chi connectivity index (χ0v) is 11.1. The van der Waals surface area contributed by atoms with Gasteiger partial charge in [-0.25, -0.2) is 8.78 Å². The second-order valence-electron chi connectivity index (χ2n) is 5.65. The van der Waals surface area contributed by atoms with Gasteiger partial charge in [0.05, 0.1) is 6.61 Å². The molecule has 1 saturated carbocycles. The summed E-state index contributed by atoms with van der Waals surface area (Å²) < 4.78 is 28.9. The first kappa shape index (κ1) is 14.2. The van der Waals surface area contributed by atoms with E-state index in [4.69, 9.17) is 4.74 Å². The Balaban J connectivity index is 1.75. The lowest BCUT2D eigenvalue weighted by Crippen LogP contribution is -2.62. The van der Waals surface area contributed by atoms with Gasteiger partial charge in [-0.15, -0.1) is 0 Å². The zero-order valence-electron chi connectivity index (χ0n) is 11.1. The molecule has 0 radical (unpaired) electrons. The Kier molecular flexibility index (Phi) is 4.92. The van der Waals surface area contributed by atoms with Gasteiger partial charge in [-0.3, -0.25) is 4.90 Å². The van der Waals surface area contributed by atoms with Crippen LogP contribution in [0.1, 0.15) is 32.6 Å². The monoisotopic (exact) mass is 262 g/mol. The van der Waals surface area contributed by atoms with Crippen molar-refractivity contribution >= 4 is 0 Å². The summed E-state index contributed by atoms with van der Waals surface area (Å²) in [6, 6.07) is 0.464. The van der Waals surface area contributed by atoms with Crippen molar-refractivity contribution in [2.45, 2.75) is 50.6 Å². The molecule has 18 heavy (non-hydrogen) atoms. The number of hydrogen-bond donors (Lipinski definition) is 1. The molecule has 1 N–H and O–H groups in total. The molecule has 0 aromatic carbocycles. The molecule has 1 heterocycles. The third-order valence-electron chi connectivity index (χ3n) is 4.23. The smallest absolute Gasteiger partial charge is 0.261 e. The van der Waals surface area contributed by atoms with E-state index < -0.39 is 13.0 Å². The molecule has 5 heteroatoms. The van der Waals surface area contributed by atoms with Gasteiger partial charge in [0.15, 0.2) is 0 Å². The van der Waals surface area contributed by atoms with E-state index in [1.165, 1.54) is 25.7 Å². The van der Waals surface area contributed by atoms with Gasteiger partial charge in [0.25, 0.3) is 6.43 Å². The second kappa shape index (κ2) is 6.26. The molecule has 106 valence electrons. The molecule has 2 rings (SSSR count). The van der Waals surface area contributed by atoms with Crippen LogP contribution in [0.5, 0.6) is 0 Å². The average molecular weight is 262 g/mol. The molecule has 1 spiro atoms. The summed E-state index contributed by atoms with van der Waals surface area (Å²) in [6.45, 7) is 4.94. The predicted octanol–water partition coefficient (Wildman–Crippen LogP) is 1.87. The lowest BCUT2D eigenvalue weighted by molar-refractivity contribution is -0.00278. The molecule has 1 saturated heterocycles. The Morgan fingerprint density at radius 2 is 2.11 bits per heavy atom. The highest BCUT2D eigenvalue weighted by Gasteiger charge is 2.39. The zero-order chi connectivity index (χ0) is 13.0. The standard InChI is InChI=1S/C13H24F2N2O/c1-11-8-16-13(4-2-3-5-13)10-17(11)6-7-18-9-12(14)15/h11-12,16H,2-10H2,1H3. The van der Waals surface area contributed by atoms with Crippen molar-refractivity contribution in [2.24, 2.45) is 0 Å². The molecule has 0 bridgehead atoms. The third-order valence-corrected chi connectivity index (χ3v) is 4.23. The highest BCUT2D eigenvalue weighted by Crippen LogP contribution is 2.32. The third kappa shape index (κ3) is 3.62. The molecule has 3 nitrogen and oxygen atoms in total. The molecule has 0 amide bonds. The summed E-state index contributed by atoms with van der Waals surface area (Å²) in [5.74, 6) is 0. The number of rotatable bonds is 5. The van der Waals surface area contributed by atoms with Crippen molar-refractivity contribution in [1.82, 2.24) is 10.2 Å². The first-order valence-corrected chi connectivity index (χ1v) is 6.96. The van der Waals surface area contributed by atoms with Crippen molar-refractivity contribution < 1.29 is 13.5 Å². The van der Waals surface area contributed by atoms with Gasteiger partial charge in [0.2, 0.25) is 0 Å². The SMILES string of the molecule is CC1CNC2(CCCC2)CN1CCOCC(F)F. The Labute approximate surface area is 108 Å². The lowest BCUT2D eigenvalue weighted by Gasteiger charge is -2.45. The normalized spacial score (nSPS) is 28.3. The van der Waals surface area contributed by atoms with Crippen LogP contribution in [0.3, 0.4) is 0 Å². The fraction of sp³-hybridized carbons (Fsp3) is 1.00. The van der Waals surface area contributed by atoms with E-state index in [0.717, 1.165) is 19.6 Å². The summed E-state index contributed by atoms with van der Waals surface area (Å²) in [4.78, 5) is 2.38. The van der Waals surface area contributed by atoms with Crippen molar-refractivity contribution in [3.63, 3.8) is 0 Å². The minimum Gasteiger partial charge on any atom is -0.374 e. The van der Waals surface area contributed by atoms with E-state index in [1.54, 1.807) is 0 Å². The van der Waals surface area contributed by atoms with Crippen LogP contribution < -0.4 is 5.32 Å². The predicted molar refractivity (Wildman–Crippen MR) is 67.1 cm³/mol. The van der Waals surface area contributed by atoms with E-state index in [1.807, 2.05) is 0 Å². The second-order valence-corrected chi connectivity index (χ2v) is 5.65. The van der Waals surface area contributed by atoms with Gasteiger partial charge in [-0.1, -0.05) is 12.8 Å². The number of hydrogen-bond acceptors (Lipinski definition) is 3. The van der Waals surface area contributed by atoms with Crippen LogP contribution in [-0.4, -0.2) is 55.8 Å². The van der Waals surface area contributed by atoms with Gasteiger partial charge in [0.1, 0.15) is 6.61 Å². The molecule has 2 fully saturated rings. The Morgan fingerprint density at radius 3 is 2.78 bits per heavy atom. The molecular weight excluding hydrogens is 238 g/mol. The van der Waals surface area contributed by atoms with E-state index in [0.29, 0.717) is 12.6 Å². The van der Waals surface area contributed by atoms with Crippen molar-refractivity contribution in [3.05, 3.63) is 0 Å². The number of ether oxygens (including phenoxy) is 1. The molecule has 1 aliphatic carbocycles. The first-order chi connectivity index (χ1) is 8.61. The molecule has 1 atom stereocenters. The summed E-state index contributed by atoms with van der Waals surface area (Å²) >= 11 is 0. The number of nitrogens with zero attached hydrogens (tertiary/aromatic N) is 1. The van der Waals surface area contributed by atoms with E-state index in [2.05, 4.69) is 17.1 Å². The van der Waals surface area contributed by atoms with Gasteiger partial charge in [-0.2, -0.15) is 0 Å². The van der Waals surface area contributed by atoms with Crippen molar-refractivity contribution in [3.8, 4) is 0 Å². The highest BCUT2D eigenvalue weighted by atomic mass is 19.3. The topological polar surface area (TPSA) is 24.5 Å². The summed E-state index contributed by atoms with van der Waals surface area (Å²) in [6.07, 6.45) is 2.74. The molecular formula is C13H24F2N2O. The summed E-state index contributed by atoms with van der Waals surface area (Å²) in [5, 5.41) is 3.68. The number of alkyl halides is 2. The fourth-order valence-electron chi connectivity index (χ4n) is 3.13. The highest BCUT2D eigenvalue weighted by molar-refractivity contribution is 5.00. The van der Waals surface area contributed by atoms with Gasteiger partial charge >= 0.3 is 0 Å². The van der Waals surface area contributed by atoms with Gasteiger partial charge in [0, 0.05) is 31.2 Å². The van der Waals surface area contributed by atoms with Crippen LogP contribution in [0.25, 0.3) is 0 Å². The molecule has 0 aromatic rings. The molecule has 2 aliphatic rings. The minimum absolute atomic E-state index is 0.287. The number of piperazine rings is 1. The van der Waals surface area contributed by atoms with Crippen molar-refractivity contribution in [1.29, 1.82) is 0 Å². The van der Waals surface area contributed by atoms with E-state index in [9.17, 15) is 8.78 Å². The lowest BCUT2D eigenvalue weighted by atomic mass is 9.92. The summed E-state index contributed by atoms with van der Waals surface area (Å²) in [5.41, 5.74) is 0.287. The van der Waals surface area contributed by atoms with Gasteiger partial charge in [-0.05, 0) is 19.8 Å². The molecule has 1 aliphatic heterocycles. The van der Waals surface area contributed by atoms with Crippen LogP contribution in [0.4, 0.5) is 8.78 Å². The van der Waals surface area contributed by atoms with Crippen molar-refractivity contribution in [2.75, 3.05) is 32.8 Å². The van der Waals surface area contributed by atoms with Crippen LogP contribution in [-0.2, 0) is 4.74 Å². The maximum absolute atomic E-state index is 12.0. The van der Waals surface area contributed by atoms with Gasteiger partial charge < -0.3 is 10.1 Å². The quantitative estimate of drug-likeness (QED) is 0.766. The molecule has 1 unspecified atom stereocenters. The number of halogens is 2. The average Bonchev–Trinajstić information content (AvgIpc) is 2.77. The van der Waals surface area contributed by atoms with E-state index in [-0.39, 0.29) is 5.54 Å². The maximum Gasteiger partial charge on any atom is 0.261 e. The van der Waals surface area contributed by atoms with Crippen LogP contribution >= 0.6 is 0 Å². The van der Waals surface area contributed by atoms with E-state index >= 15 is 0 Å². The van der Waals surface area contributed by atoms with Crippen LogP contribution in [0.15, 0.2) is 0 Å².